The minimum absolute atomic E-state index is 0.610. The first-order valence-corrected chi connectivity index (χ1v) is 16.1. The Hall–Kier alpha value is -5.28. The van der Waals surface area contributed by atoms with Gasteiger partial charge >= 0.3 is 0 Å². The molecule has 0 saturated carbocycles. The van der Waals surface area contributed by atoms with Gasteiger partial charge in [-0.2, -0.15) is 0 Å². The number of rotatable bonds is 4. The maximum atomic E-state index is 5.18. The van der Waals surface area contributed by atoms with Crippen molar-refractivity contribution in [1.82, 2.24) is 9.97 Å². The second kappa shape index (κ2) is 9.89. The molecule has 0 aliphatic heterocycles. The third-order valence-corrected chi connectivity index (χ3v) is 10.6. The van der Waals surface area contributed by atoms with Crippen LogP contribution in [-0.2, 0) is 0 Å². The highest BCUT2D eigenvalue weighted by atomic mass is 32.1. The van der Waals surface area contributed by atoms with Crippen molar-refractivity contribution in [1.29, 1.82) is 0 Å². The molecule has 3 heterocycles. The van der Waals surface area contributed by atoms with Gasteiger partial charge in [-0.1, -0.05) is 78.9 Å². The van der Waals surface area contributed by atoms with Crippen LogP contribution < -0.4 is 4.90 Å². The fraction of sp³-hybridized carbons (Fsp3) is 0.0256. The molecule has 0 aliphatic rings. The zero-order valence-electron chi connectivity index (χ0n) is 23.7. The standard InChI is InChI=1S/C39H23N3S2/c1-24-14-20-33(29-9-3-2-8-28(24)29)42(39-40-23-37-38(41-39)31-11-5-7-13-35(31)44-37)27-18-15-25(16-19-27)26-17-21-36-32(22-26)30-10-4-6-12-34(30)43-36/h2-15,17-18,20-23H,1H3. The highest BCUT2D eigenvalue weighted by Gasteiger charge is 2.20. The van der Waals surface area contributed by atoms with Crippen molar-refractivity contribution in [3.63, 3.8) is 0 Å². The van der Waals surface area contributed by atoms with E-state index in [0.29, 0.717) is 5.95 Å². The highest BCUT2D eigenvalue weighted by molar-refractivity contribution is 7.26. The Balaban J connectivity index is 1.21. The quantitative estimate of drug-likeness (QED) is 0.202. The predicted molar refractivity (Wildman–Crippen MR) is 188 cm³/mol. The van der Waals surface area contributed by atoms with E-state index in [1.54, 1.807) is 11.3 Å². The van der Waals surface area contributed by atoms with E-state index in [-0.39, 0.29) is 0 Å². The van der Waals surface area contributed by atoms with E-state index in [9.17, 15) is 0 Å². The van der Waals surface area contributed by atoms with E-state index in [2.05, 4.69) is 139 Å². The molecule has 0 spiro atoms. The third kappa shape index (κ3) is 3.96. The smallest absolute Gasteiger partial charge is 0.235 e. The fourth-order valence-corrected chi connectivity index (χ4v) is 8.25. The summed E-state index contributed by atoms with van der Waals surface area (Å²) in [5, 5.41) is 6.05. The van der Waals surface area contributed by atoms with Crippen molar-refractivity contribution in [3.8, 4) is 11.1 Å². The minimum atomic E-state index is 0.610. The number of fused-ring (bicyclic) bond motifs is 7. The number of aromatic nitrogens is 2. The van der Waals surface area contributed by atoms with Crippen LogP contribution in [0.4, 0.5) is 17.3 Å². The highest BCUT2D eigenvalue weighted by Crippen LogP contribution is 2.41. The third-order valence-electron chi connectivity index (χ3n) is 8.33. The molecule has 5 heteroatoms. The molecule has 44 heavy (non-hydrogen) atoms. The van der Waals surface area contributed by atoms with Crippen LogP contribution in [0, 0.1) is 19.1 Å². The molecule has 0 fully saturated rings. The summed E-state index contributed by atoms with van der Waals surface area (Å²) in [5.74, 6) is 0.610. The molecule has 206 valence electrons. The van der Waals surface area contributed by atoms with E-state index >= 15 is 0 Å². The molecule has 0 bridgehead atoms. The minimum Gasteiger partial charge on any atom is -0.271 e. The van der Waals surface area contributed by atoms with Crippen molar-refractivity contribution < 1.29 is 0 Å². The number of hydrogen-bond acceptors (Lipinski definition) is 5. The normalized spacial score (nSPS) is 11.6. The predicted octanol–water partition coefficient (Wildman–Crippen LogP) is 11.4. The molecule has 3 aromatic heterocycles. The summed E-state index contributed by atoms with van der Waals surface area (Å²) in [7, 11) is 0. The fourth-order valence-electron chi connectivity index (χ4n) is 6.15. The van der Waals surface area contributed by atoms with Crippen LogP contribution in [0.25, 0.3) is 62.4 Å². The molecular weight excluding hydrogens is 575 g/mol. The Morgan fingerprint density at radius 1 is 0.591 bits per heavy atom. The summed E-state index contributed by atoms with van der Waals surface area (Å²) < 4.78 is 4.88. The Labute approximate surface area is 262 Å². The van der Waals surface area contributed by atoms with E-state index in [0.717, 1.165) is 43.5 Å². The van der Waals surface area contributed by atoms with Gasteiger partial charge in [-0.15, -0.1) is 22.7 Å². The van der Waals surface area contributed by atoms with Gasteiger partial charge in [0.15, 0.2) is 0 Å². The lowest BCUT2D eigenvalue weighted by Gasteiger charge is -2.24. The average Bonchev–Trinajstić information content (AvgIpc) is 3.64. The topological polar surface area (TPSA) is 29.0 Å². The molecule has 0 aliphatic carbocycles. The van der Waals surface area contributed by atoms with Gasteiger partial charge in [-0.25, -0.2) is 9.97 Å². The van der Waals surface area contributed by atoms with Gasteiger partial charge in [0.2, 0.25) is 5.95 Å². The largest absolute Gasteiger partial charge is 0.271 e. The van der Waals surface area contributed by atoms with Crippen LogP contribution in [0.3, 0.4) is 0 Å². The maximum absolute atomic E-state index is 5.18. The number of aryl methyl sites for hydroxylation is 1. The lowest BCUT2D eigenvalue weighted by atomic mass is 10.0. The van der Waals surface area contributed by atoms with Crippen LogP contribution in [-0.4, -0.2) is 9.97 Å². The summed E-state index contributed by atoms with van der Waals surface area (Å²) in [4.78, 5) is 12.2. The summed E-state index contributed by atoms with van der Waals surface area (Å²) in [6.45, 7) is 2.15. The first-order chi connectivity index (χ1) is 21.7. The van der Waals surface area contributed by atoms with Crippen molar-refractivity contribution in [2.75, 3.05) is 4.90 Å². The van der Waals surface area contributed by atoms with Crippen LogP contribution >= 0.6 is 22.7 Å². The molecular formula is C39H23N3S2. The van der Waals surface area contributed by atoms with Gasteiger partial charge in [-0.05, 0) is 72.0 Å². The summed E-state index contributed by atoms with van der Waals surface area (Å²) >= 11 is 3.56. The van der Waals surface area contributed by atoms with Gasteiger partial charge in [0, 0.05) is 41.2 Å². The Morgan fingerprint density at radius 2 is 1.30 bits per heavy atom. The molecule has 9 aromatic rings. The molecule has 3 nitrogen and oxygen atoms in total. The summed E-state index contributed by atoms with van der Waals surface area (Å²) in [5.41, 5.74) is 6.16. The first-order valence-electron chi connectivity index (χ1n) is 14.5. The molecule has 6 aromatic carbocycles. The van der Waals surface area contributed by atoms with E-state index in [1.165, 1.54) is 35.8 Å². The van der Waals surface area contributed by atoms with Crippen molar-refractivity contribution in [2.45, 2.75) is 6.92 Å². The molecule has 0 N–H and O–H groups in total. The van der Waals surface area contributed by atoms with Crippen molar-refractivity contribution in [3.05, 3.63) is 139 Å². The van der Waals surface area contributed by atoms with E-state index < -0.39 is 0 Å². The van der Waals surface area contributed by atoms with Gasteiger partial charge in [-0.3, -0.25) is 4.90 Å². The van der Waals surface area contributed by atoms with Crippen molar-refractivity contribution in [2.24, 2.45) is 0 Å². The molecule has 0 radical (unpaired) electrons. The monoisotopic (exact) mass is 597 g/mol. The number of thiophene rings is 2. The van der Waals surface area contributed by atoms with Crippen LogP contribution in [0.2, 0.25) is 0 Å². The van der Waals surface area contributed by atoms with Gasteiger partial charge in [0.1, 0.15) is 0 Å². The van der Waals surface area contributed by atoms with Gasteiger partial charge < -0.3 is 0 Å². The molecule has 9 rings (SSSR count). The zero-order chi connectivity index (χ0) is 29.2. The average molecular weight is 598 g/mol. The Bertz CT molecular complexity index is 2520. The van der Waals surface area contributed by atoms with Gasteiger partial charge in [0.25, 0.3) is 0 Å². The second-order valence-electron chi connectivity index (χ2n) is 11.0. The first kappa shape index (κ1) is 25.2. The summed E-state index contributed by atoms with van der Waals surface area (Å²) in [6, 6.07) is 47.8. The number of hydrogen-bond donors (Lipinski definition) is 0. The molecule has 0 amide bonds. The number of nitrogens with zero attached hydrogens (tertiary/aromatic N) is 3. The summed E-state index contributed by atoms with van der Waals surface area (Å²) in [6.07, 6.45) is 1.95. The second-order valence-corrected chi connectivity index (χ2v) is 13.1. The lowest BCUT2D eigenvalue weighted by Crippen LogP contribution is -2.13. The molecule has 0 unspecified atom stereocenters. The molecule has 0 atom stereocenters. The number of anilines is 3. The van der Waals surface area contributed by atoms with Gasteiger partial charge in [0.05, 0.1) is 27.8 Å². The maximum Gasteiger partial charge on any atom is 0.235 e. The van der Waals surface area contributed by atoms with E-state index in [1.807, 2.05) is 17.5 Å². The lowest BCUT2D eigenvalue weighted by molar-refractivity contribution is 1.12. The van der Waals surface area contributed by atoms with Crippen LogP contribution in [0.5, 0.6) is 0 Å². The van der Waals surface area contributed by atoms with E-state index in [4.69, 9.17) is 9.97 Å². The Morgan fingerprint density at radius 3 is 2.11 bits per heavy atom. The van der Waals surface area contributed by atoms with Crippen molar-refractivity contribution >= 4 is 91.2 Å². The number of benzene rings is 5. The Kier molecular flexibility index (Phi) is 5.67. The van der Waals surface area contributed by atoms with Crippen LogP contribution in [0.15, 0.2) is 121 Å². The van der Waals surface area contributed by atoms with Crippen LogP contribution in [0.1, 0.15) is 5.56 Å². The zero-order valence-corrected chi connectivity index (χ0v) is 25.3. The SMILES string of the molecule is Cc1ccc(N(c2c#cc(-c3ccc4sc5ccccc5c4c3)cc2)c2ncc3sc4ccccc4c3n2)c2ccccc12. The molecule has 0 saturated heterocycles.